The molecule has 0 amide bonds. The van der Waals surface area contributed by atoms with E-state index in [1.165, 1.54) is 75.6 Å². The van der Waals surface area contributed by atoms with Gasteiger partial charge >= 0.3 is 0 Å². The van der Waals surface area contributed by atoms with Crippen molar-refractivity contribution in [3.05, 3.63) is 53.9 Å². The highest BCUT2D eigenvalue weighted by atomic mass is 16.3. The van der Waals surface area contributed by atoms with Crippen LogP contribution in [0.3, 0.4) is 0 Å². The quantitative estimate of drug-likeness (QED) is 0.310. The fourth-order valence-electron chi connectivity index (χ4n) is 6.00. The molecule has 2 aromatic heterocycles. The smallest absolute Gasteiger partial charge is 0.224 e. The molecule has 0 radical (unpaired) electrons. The molecule has 1 aliphatic heterocycles. The normalized spacial score (nSPS) is 18.0. The highest BCUT2D eigenvalue weighted by molar-refractivity contribution is 6.12. The minimum absolute atomic E-state index is 0.490. The second kappa shape index (κ2) is 6.35. The topological polar surface area (TPSA) is 20.3 Å². The number of aromatic nitrogens is 1. The zero-order valence-corrected chi connectivity index (χ0v) is 19.2. The van der Waals surface area contributed by atoms with Crippen LogP contribution in [0.4, 0.5) is 11.4 Å². The van der Waals surface area contributed by atoms with Crippen molar-refractivity contribution in [1.82, 2.24) is 0 Å². The lowest BCUT2D eigenvalue weighted by Gasteiger charge is -2.35. The summed E-state index contributed by atoms with van der Waals surface area (Å²) in [6.45, 7) is 7.07. The summed E-state index contributed by atoms with van der Waals surface area (Å²) >= 11 is 0. The number of pyridine rings is 1. The summed E-state index contributed by atoms with van der Waals surface area (Å²) in [5, 5.41) is 3.93. The number of hydrogen-bond donors (Lipinski definition) is 0. The van der Waals surface area contributed by atoms with E-state index < -0.39 is 0 Å². The molecule has 0 atom stereocenters. The molecule has 0 unspecified atom stereocenters. The monoisotopic (exact) mass is 411 g/mol. The van der Waals surface area contributed by atoms with Gasteiger partial charge in [0.1, 0.15) is 12.6 Å². The number of rotatable bonds is 1. The van der Waals surface area contributed by atoms with E-state index in [9.17, 15) is 0 Å². The highest BCUT2D eigenvalue weighted by Gasteiger charge is 2.34. The van der Waals surface area contributed by atoms with Gasteiger partial charge < -0.3 is 9.32 Å². The van der Waals surface area contributed by atoms with E-state index in [0.717, 1.165) is 5.58 Å². The van der Waals surface area contributed by atoms with Crippen LogP contribution in [0.1, 0.15) is 56.6 Å². The third-order valence-electron chi connectivity index (χ3n) is 8.01. The molecule has 2 aromatic carbocycles. The molecule has 6 rings (SSSR count). The summed E-state index contributed by atoms with van der Waals surface area (Å²) in [4.78, 5) is 2.38. The first-order chi connectivity index (χ1) is 14.8. The summed E-state index contributed by atoms with van der Waals surface area (Å²) in [5.74, 6) is 0.662. The lowest BCUT2D eigenvalue weighted by Crippen LogP contribution is -2.33. The van der Waals surface area contributed by atoms with Crippen molar-refractivity contribution in [1.29, 1.82) is 0 Å². The summed E-state index contributed by atoms with van der Waals surface area (Å²) in [7, 11) is 4.38. The van der Waals surface area contributed by atoms with Crippen molar-refractivity contribution in [3.63, 3.8) is 0 Å². The van der Waals surface area contributed by atoms with Gasteiger partial charge in [0.2, 0.25) is 5.69 Å². The molecule has 31 heavy (non-hydrogen) atoms. The number of anilines is 2. The van der Waals surface area contributed by atoms with E-state index in [2.05, 4.69) is 80.9 Å². The Hall–Kier alpha value is -2.81. The van der Waals surface area contributed by atoms with Gasteiger partial charge in [-0.2, -0.15) is 0 Å². The second-order valence-corrected chi connectivity index (χ2v) is 10.5. The van der Waals surface area contributed by atoms with Crippen LogP contribution in [0.2, 0.25) is 0 Å². The van der Waals surface area contributed by atoms with Crippen molar-refractivity contribution in [2.24, 2.45) is 12.5 Å². The molecule has 2 aliphatic rings. The van der Waals surface area contributed by atoms with E-state index in [1.807, 2.05) is 0 Å². The van der Waals surface area contributed by atoms with Crippen molar-refractivity contribution < 1.29 is 8.98 Å². The minimum atomic E-state index is 0.490. The number of nitrogens with zero attached hydrogens (tertiary/aromatic N) is 2. The number of benzene rings is 2. The van der Waals surface area contributed by atoms with Gasteiger partial charge in [-0.1, -0.05) is 19.9 Å². The lowest BCUT2D eigenvalue weighted by molar-refractivity contribution is -0.659. The second-order valence-electron chi connectivity index (χ2n) is 10.5. The van der Waals surface area contributed by atoms with Crippen LogP contribution in [-0.4, -0.2) is 7.05 Å². The third kappa shape index (κ3) is 2.68. The molecule has 3 heterocycles. The van der Waals surface area contributed by atoms with Gasteiger partial charge in [-0.15, -0.1) is 0 Å². The molecule has 1 fully saturated rings. The van der Waals surface area contributed by atoms with Crippen LogP contribution < -0.4 is 9.47 Å². The maximum atomic E-state index is 5.81. The zero-order chi connectivity index (χ0) is 21.5. The van der Waals surface area contributed by atoms with Gasteiger partial charge in [-0.3, -0.25) is 0 Å². The predicted molar refractivity (Wildman–Crippen MR) is 128 cm³/mol. The van der Waals surface area contributed by atoms with Crippen LogP contribution >= 0.6 is 0 Å². The minimum Gasteiger partial charge on any atom is -0.464 e. The lowest BCUT2D eigenvalue weighted by atomic mass is 9.71. The molecular formula is C28H31N2O+. The summed E-state index contributed by atoms with van der Waals surface area (Å²) < 4.78 is 8.10. The molecule has 1 aliphatic carbocycles. The van der Waals surface area contributed by atoms with E-state index >= 15 is 0 Å². The molecular weight excluding hydrogens is 380 g/mol. The van der Waals surface area contributed by atoms with Gasteiger partial charge in [0.05, 0.1) is 28.6 Å². The summed E-state index contributed by atoms with van der Waals surface area (Å²) in [6, 6.07) is 11.5. The van der Waals surface area contributed by atoms with Gasteiger partial charge in [0.25, 0.3) is 0 Å². The van der Waals surface area contributed by atoms with Crippen LogP contribution in [0, 0.1) is 12.3 Å². The molecule has 3 nitrogen and oxygen atoms in total. The Morgan fingerprint density at radius 1 is 1.06 bits per heavy atom. The Morgan fingerprint density at radius 2 is 1.84 bits per heavy atom. The van der Waals surface area contributed by atoms with Gasteiger partial charge in [0.15, 0.2) is 6.20 Å². The maximum Gasteiger partial charge on any atom is 0.224 e. The fourth-order valence-corrected chi connectivity index (χ4v) is 6.00. The molecule has 0 saturated heterocycles. The first kappa shape index (κ1) is 18.9. The Balaban J connectivity index is 1.61. The Bertz CT molecular complexity index is 1350. The SMILES string of the molecule is Cc1c2c(cc3occc13)N(C)c1cc(C3CCC(C)(C)CC3)cc3cc[n+](C)c-2c13. The zero-order valence-electron chi connectivity index (χ0n) is 19.2. The van der Waals surface area contributed by atoms with E-state index in [4.69, 9.17) is 4.42 Å². The van der Waals surface area contributed by atoms with Crippen molar-refractivity contribution in [3.8, 4) is 11.3 Å². The molecule has 4 aromatic rings. The standard InChI is InChI=1S/C28H31N2O/c1-17-21-9-13-31-24(21)16-23-25(17)27-26-19(8-12-29(27)4)14-20(15-22(26)30(23)5)18-6-10-28(2,3)11-7-18/h8-9,12-16,18H,6-7,10-11H2,1-5H3/q+1. The maximum absolute atomic E-state index is 5.81. The van der Waals surface area contributed by atoms with Gasteiger partial charge in [-0.05, 0) is 72.6 Å². The van der Waals surface area contributed by atoms with E-state index in [1.54, 1.807) is 6.26 Å². The van der Waals surface area contributed by atoms with Crippen molar-refractivity contribution in [2.75, 3.05) is 11.9 Å². The molecule has 0 N–H and O–H groups in total. The predicted octanol–water partition coefficient (Wildman–Crippen LogP) is 7.15. The van der Waals surface area contributed by atoms with Crippen LogP contribution in [-0.2, 0) is 7.05 Å². The van der Waals surface area contributed by atoms with Gasteiger partial charge in [0, 0.05) is 24.6 Å². The van der Waals surface area contributed by atoms with Crippen molar-refractivity contribution >= 4 is 33.1 Å². The molecule has 0 bridgehead atoms. The Kier molecular flexibility index (Phi) is 3.88. The molecule has 158 valence electrons. The largest absolute Gasteiger partial charge is 0.464 e. The van der Waals surface area contributed by atoms with Crippen LogP contribution in [0.15, 0.2) is 47.2 Å². The Labute approximate surface area is 184 Å². The van der Waals surface area contributed by atoms with Crippen molar-refractivity contribution in [2.45, 2.75) is 52.4 Å². The average Bonchev–Trinajstić information content (AvgIpc) is 3.22. The van der Waals surface area contributed by atoms with E-state index in [-0.39, 0.29) is 0 Å². The van der Waals surface area contributed by atoms with Crippen LogP contribution in [0.5, 0.6) is 0 Å². The average molecular weight is 412 g/mol. The molecule has 3 heteroatoms. The number of fused-ring (bicyclic) bond motifs is 3. The molecule has 0 spiro atoms. The number of hydrogen-bond acceptors (Lipinski definition) is 2. The molecule has 1 saturated carbocycles. The van der Waals surface area contributed by atoms with E-state index in [0.29, 0.717) is 11.3 Å². The Morgan fingerprint density at radius 3 is 2.61 bits per heavy atom. The first-order valence-corrected chi connectivity index (χ1v) is 11.6. The van der Waals surface area contributed by atoms with Crippen LogP contribution in [0.25, 0.3) is 33.0 Å². The first-order valence-electron chi connectivity index (χ1n) is 11.6. The highest BCUT2D eigenvalue weighted by Crippen LogP contribution is 2.51. The third-order valence-corrected chi connectivity index (χ3v) is 8.01. The fraction of sp³-hybridized carbons (Fsp3) is 0.393. The number of aryl methyl sites for hydroxylation is 2. The summed E-state index contributed by atoms with van der Waals surface area (Å²) in [5.41, 5.74) is 9.45. The summed E-state index contributed by atoms with van der Waals surface area (Å²) in [6.07, 6.45) is 9.24. The number of furan rings is 1. The van der Waals surface area contributed by atoms with Gasteiger partial charge in [-0.25, -0.2) is 4.57 Å².